The van der Waals surface area contributed by atoms with E-state index >= 15 is 0 Å². The third-order valence-corrected chi connectivity index (χ3v) is 3.07. The fourth-order valence-electron chi connectivity index (χ4n) is 2.18. The minimum Gasteiger partial charge on any atom is -0.478 e. The van der Waals surface area contributed by atoms with Crippen LogP contribution in [0, 0.1) is 13.0 Å². The van der Waals surface area contributed by atoms with Gasteiger partial charge in [0.1, 0.15) is 0 Å². The molecule has 4 nitrogen and oxygen atoms in total. The average molecular weight is 251 g/mol. The molecule has 0 spiro atoms. The van der Waals surface area contributed by atoms with Crippen molar-refractivity contribution in [2.45, 2.75) is 6.92 Å². The summed E-state index contributed by atoms with van der Waals surface area (Å²) in [5.41, 5.74) is 2.52. The van der Waals surface area contributed by atoms with E-state index in [0.29, 0.717) is 5.69 Å². The smallest absolute Gasteiger partial charge is 0.337 e. The molecule has 0 aliphatic carbocycles. The number of carboxylic acids is 1. The highest BCUT2D eigenvalue weighted by Gasteiger charge is 2.14. The maximum absolute atomic E-state index is 11.3. The summed E-state index contributed by atoms with van der Waals surface area (Å²) < 4.78 is 1.66. The van der Waals surface area contributed by atoms with Crippen LogP contribution in [0.1, 0.15) is 16.1 Å². The van der Waals surface area contributed by atoms with Crippen molar-refractivity contribution in [2.24, 2.45) is 0 Å². The number of aromatic nitrogens is 2. The summed E-state index contributed by atoms with van der Waals surface area (Å²) in [6.45, 7) is 1.90. The van der Waals surface area contributed by atoms with Gasteiger partial charge in [-0.3, -0.25) is 0 Å². The molecule has 0 saturated heterocycles. The molecule has 3 rings (SSSR count). The SMILES string of the molecule is Cc1nn(-c2ccccc2C(=O)O)c2c[c]ccc12. The monoisotopic (exact) mass is 251 g/mol. The molecule has 0 fully saturated rings. The van der Waals surface area contributed by atoms with Crippen molar-refractivity contribution in [1.29, 1.82) is 0 Å². The number of hydrogen-bond acceptors (Lipinski definition) is 2. The molecule has 0 amide bonds. The van der Waals surface area contributed by atoms with Crippen LogP contribution in [0.15, 0.2) is 42.5 Å². The molecule has 1 N–H and O–H groups in total. The molecule has 0 bridgehead atoms. The van der Waals surface area contributed by atoms with Crippen LogP contribution in [0.3, 0.4) is 0 Å². The van der Waals surface area contributed by atoms with Crippen molar-refractivity contribution in [3.8, 4) is 5.69 Å². The topological polar surface area (TPSA) is 55.1 Å². The van der Waals surface area contributed by atoms with Gasteiger partial charge in [0.05, 0.1) is 22.5 Å². The van der Waals surface area contributed by atoms with Crippen molar-refractivity contribution in [3.63, 3.8) is 0 Å². The zero-order valence-corrected chi connectivity index (χ0v) is 10.3. The van der Waals surface area contributed by atoms with Gasteiger partial charge in [-0.05, 0) is 31.2 Å². The van der Waals surface area contributed by atoms with Crippen molar-refractivity contribution in [3.05, 3.63) is 59.8 Å². The molecule has 1 aromatic heterocycles. The van der Waals surface area contributed by atoms with Crippen molar-refractivity contribution >= 4 is 16.9 Å². The summed E-state index contributed by atoms with van der Waals surface area (Å²) in [4.78, 5) is 11.3. The molecule has 0 aliphatic heterocycles. The zero-order valence-electron chi connectivity index (χ0n) is 10.3. The minimum absolute atomic E-state index is 0.232. The van der Waals surface area contributed by atoms with Gasteiger partial charge in [-0.2, -0.15) is 5.10 Å². The van der Waals surface area contributed by atoms with E-state index in [0.717, 1.165) is 16.6 Å². The Balaban J connectivity index is 2.34. The Hall–Kier alpha value is -2.62. The zero-order chi connectivity index (χ0) is 13.4. The Labute approximate surface area is 109 Å². The Morgan fingerprint density at radius 2 is 2.11 bits per heavy atom. The van der Waals surface area contributed by atoms with Gasteiger partial charge in [0.2, 0.25) is 0 Å². The van der Waals surface area contributed by atoms with E-state index in [2.05, 4.69) is 11.2 Å². The van der Waals surface area contributed by atoms with Crippen LogP contribution >= 0.6 is 0 Å². The summed E-state index contributed by atoms with van der Waals surface area (Å²) >= 11 is 0. The van der Waals surface area contributed by atoms with Crippen LogP contribution in [0.2, 0.25) is 0 Å². The van der Waals surface area contributed by atoms with E-state index < -0.39 is 5.97 Å². The number of rotatable bonds is 2. The quantitative estimate of drug-likeness (QED) is 0.762. The standard InChI is InChI=1S/C15H11N2O2/c1-10-11-6-2-4-8-13(11)17(16-10)14-9-5-3-7-12(14)15(18)19/h2-3,5-9H,1H3,(H,18,19). The van der Waals surface area contributed by atoms with Gasteiger partial charge in [0.25, 0.3) is 0 Å². The molecule has 4 heteroatoms. The first-order valence-corrected chi connectivity index (χ1v) is 5.86. The lowest BCUT2D eigenvalue weighted by atomic mass is 10.1. The second kappa shape index (κ2) is 4.24. The molecule has 2 aromatic carbocycles. The van der Waals surface area contributed by atoms with Crippen molar-refractivity contribution in [1.82, 2.24) is 9.78 Å². The first-order valence-electron chi connectivity index (χ1n) is 5.86. The lowest BCUT2D eigenvalue weighted by molar-refractivity contribution is 0.0697. The number of fused-ring (bicyclic) bond motifs is 1. The summed E-state index contributed by atoms with van der Waals surface area (Å²) in [5, 5.41) is 14.7. The minimum atomic E-state index is -0.961. The van der Waals surface area contributed by atoms with Gasteiger partial charge in [-0.15, -0.1) is 0 Å². The van der Waals surface area contributed by atoms with Gasteiger partial charge in [0, 0.05) is 5.39 Å². The lowest BCUT2D eigenvalue weighted by Crippen LogP contribution is -2.06. The fraction of sp³-hybridized carbons (Fsp3) is 0.0667. The second-order valence-electron chi connectivity index (χ2n) is 4.26. The van der Waals surface area contributed by atoms with Crippen LogP contribution in [0.25, 0.3) is 16.6 Å². The summed E-state index contributed by atoms with van der Waals surface area (Å²) in [7, 11) is 0. The number of aromatic carboxylic acids is 1. The molecule has 0 aliphatic rings. The molecule has 3 aromatic rings. The number of carbonyl (C=O) groups is 1. The number of nitrogens with zero attached hydrogens (tertiary/aromatic N) is 2. The highest BCUT2D eigenvalue weighted by Crippen LogP contribution is 2.23. The number of aryl methyl sites for hydroxylation is 1. The normalized spacial score (nSPS) is 10.8. The van der Waals surface area contributed by atoms with E-state index in [-0.39, 0.29) is 5.56 Å². The molecule has 93 valence electrons. The molecule has 0 atom stereocenters. The predicted molar refractivity (Wildman–Crippen MR) is 71.6 cm³/mol. The first kappa shape index (κ1) is 11.5. The first-order chi connectivity index (χ1) is 9.18. The maximum atomic E-state index is 11.3. The van der Waals surface area contributed by atoms with Crippen LogP contribution in [-0.2, 0) is 0 Å². The van der Waals surface area contributed by atoms with E-state index in [1.165, 1.54) is 0 Å². The van der Waals surface area contributed by atoms with Crippen LogP contribution in [0.5, 0.6) is 0 Å². The predicted octanol–water partition coefficient (Wildman–Crippen LogP) is 2.83. The van der Waals surface area contributed by atoms with E-state index in [1.54, 1.807) is 28.9 Å². The average Bonchev–Trinajstić information content (AvgIpc) is 2.77. The van der Waals surface area contributed by atoms with Crippen molar-refractivity contribution in [2.75, 3.05) is 0 Å². The van der Waals surface area contributed by atoms with Gasteiger partial charge in [-0.1, -0.05) is 24.3 Å². The molecule has 0 saturated carbocycles. The molecule has 19 heavy (non-hydrogen) atoms. The molecule has 1 heterocycles. The van der Waals surface area contributed by atoms with Crippen LogP contribution in [0.4, 0.5) is 0 Å². The lowest BCUT2D eigenvalue weighted by Gasteiger charge is -2.06. The molecular weight excluding hydrogens is 240 g/mol. The Morgan fingerprint density at radius 3 is 2.89 bits per heavy atom. The van der Waals surface area contributed by atoms with Gasteiger partial charge in [-0.25, -0.2) is 9.48 Å². The molecule has 0 unspecified atom stereocenters. The highest BCUT2D eigenvalue weighted by molar-refractivity contribution is 5.93. The number of carboxylic acid groups (broad SMARTS) is 1. The fourth-order valence-corrected chi connectivity index (χ4v) is 2.18. The Bertz CT molecular complexity index is 775. The molecule has 1 radical (unpaired) electrons. The third kappa shape index (κ3) is 1.78. The van der Waals surface area contributed by atoms with Crippen LogP contribution < -0.4 is 0 Å². The van der Waals surface area contributed by atoms with E-state index in [4.69, 9.17) is 0 Å². The molecular formula is C15H11N2O2. The second-order valence-corrected chi connectivity index (χ2v) is 4.26. The summed E-state index contributed by atoms with van der Waals surface area (Å²) in [6, 6.07) is 15.4. The third-order valence-electron chi connectivity index (χ3n) is 3.07. The number of benzene rings is 2. The summed E-state index contributed by atoms with van der Waals surface area (Å²) in [6.07, 6.45) is 0. The van der Waals surface area contributed by atoms with Crippen LogP contribution in [-0.4, -0.2) is 20.9 Å². The van der Waals surface area contributed by atoms with Gasteiger partial charge >= 0.3 is 5.97 Å². The Kier molecular flexibility index (Phi) is 2.56. The Morgan fingerprint density at radius 1 is 1.32 bits per heavy atom. The van der Waals surface area contributed by atoms with E-state index in [1.807, 2.05) is 25.1 Å². The maximum Gasteiger partial charge on any atom is 0.337 e. The number of hydrogen-bond donors (Lipinski definition) is 1. The van der Waals surface area contributed by atoms with E-state index in [9.17, 15) is 9.90 Å². The van der Waals surface area contributed by atoms with Gasteiger partial charge in [0.15, 0.2) is 0 Å². The number of para-hydroxylation sites is 1. The highest BCUT2D eigenvalue weighted by atomic mass is 16.4. The largest absolute Gasteiger partial charge is 0.478 e. The van der Waals surface area contributed by atoms with Crippen molar-refractivity contribution < 1.29 is 9.90 Å². The van der Waals surface area contributed by atoms with Gasteiger partial charge < -0.3 is 5.11 Å². The summed E-state index contributed by atoms with van der Waals surface area (Å²) in [5.74, 6) is -0.961.